The first-order chi connectivity index (χ1) is 11.2. The number of para-hydroxylation sites is 1. The molecule has 1 atom stereocenters. The van der Waals surface area contributed by atoms with Gasteiger partial charge in [0.25, 0.3) is 0 Å². The van der Waals surface area contributed by atoms with Gasteiger partial charge in [-0.3, -0.25) is 0 Å². The van der Waals surface area contributed by atoms with Crippen molar-refractivity contribution in [1.29, 1.82) is 0 Å². The van der Waals surface area contributed by atoms with Gasteiger partial charge in [0.15, 0.2) is 0 Å². The highest BCUT2D eigenvalue weighted by Crippen LogP contribution is 2.24. The van der Waals surface area contributed by atoms with Crippen molar-refractivity contribution < 1.29 is 9.53 Å². The number of aryl methyl sites for hydroxylation is 1. The molecule has 1 unspecified atom stereocenters. The summed E-state index contributed by atoms with van der Waals surface area (Å²) in [6, 6.07) is 7.81. The summed E-state index contributed by atoms with van der Waals surface area (Å²) in [4.78, 5) is 18.9. The molecule has 0 spiro atoms. The molecule has 2 amide bonds. The quantitative estimate of drug-likeness (QED) is 0.940. The molecule has 23 heavy (non-hydrogen) atoms. The minimum absolute atomic E-state index is 0.0176. The molecule has 1 aromatic carbocycles. The lowest BCUT2D eigenvalue weighted by Crippen LogP contribution is -2.45. The number of hydrogen-bond acceptors (Lipinski definition) is 4. The Morgan fingerprint density at radius 1 is 1.48 bits per heavy atom. The van der Waals surface area contributed by atoms with Crippen LogP contribution in [0.1, 0.15) is 30.1 Å². The van der Waals surface area contributed by atoms with E-state index in [2.05, 4.69) is 17.2 Å². The zero-order chi connectivity index (χ0) is 16.2. The summed E-state index contributed by atoms with van der Waals surface area (Å²) < 4.78 is 5.79. The van der Waals surface area contributed by atoms with Crippen LogP contribution in [0.2, 0.25) is 0 Å². The molecule has 3 rings (SSSR count). The predicted octanol–water partition coefficient (Wildman–Crippen LogP) is 3.20. The maximum atomic E-state index is 12.6. The number of urea groups is 1. The first-order valence-electron chi connectivity index (χ1n) is 7.85. The third kappa shape index (κ3) is 3.64. The highest BCUT2D eigenvalue weighted by Gasteiger charge is 2.25. The number of nitrogens with zero attached hydrogens (tertiary/aromatic N) is 2. The smallest absolute Gasteiger partial charge is 0.318 e. The summed E-state index contributed by atoms with van der Waals surface area (Å²) in [7, 11) is 0. The van der Waals surface area contributed by atoms with Crippen molar-refractivity contribution in [2.75, 3.05) is 6.61 Å². The summed E-state index contributed by atoms with van der Waals surface area (Å²) >= 11 is 1.64. The van der Waals surface area contributed by atoms with Crippen molar-refractivity contribution in [2.45, 2.75) is 39.4 Å². The Hall–Kier alpha value is -2.08. The molecular weight excluding hydrogens is 310 g/mol. The Morgan fingerprint density at radius 2 is 2.30 bits per heavy atom. The number of carbonyl (C=O) groups excluding carboxylic acids is 1. The van der Waals surface area contributed by atoms with Gasteiger partial charge in [0.05, 0.1) is 29.8 Å². The van der Waals surface area contributed by atoms with E-state index in [1.54, 1.807) is 11.3 Å². The van der Waals surface area contributed by atoms with E-state index in [1.807, 2.05) is 41.5 Å². The summed E-state index contributed by atoms with van der Waals surface area (Å²) in [6.07, 6.45) is 0.926. The van der Waals surface area contributed by atoms with Crippen LogP contribution in [0.25, 0.3) is 0 Å². The molecular formula is C17H21N3O2S. The number of fused-ring (bicyclic) bond motifs is 1. The molecule has 0 bridgehead atoms. The fraction of sp³-hybridized carbons (Fsp3) is 0.412. The minimum atomic E-state index is -0.0798. The number of nitrogens with one attached hydrogen (secondary N) is 1. The van der Waals surface area contributed by atoms with Gasteiger partial charge in [-0.05, 0) is 19.4 Å². The Bertz CT molecular complexity index is 686. The Morgan fingerprint density at radius 3 is 3.09 bits per heavy atom. The molecule has 1 aromatic heterocycles. The molecule has 0 saturated heterocycles. The second-order valence-corrected chi connectivity index (χ2v) is 6.58. The third-order valence-corrected chi connectivity index (χ3v) is 4.95. The van der Waals surface area contributed by atoms with Crippen LogP contribution in [0.4, 0.5) is 4.79 Å². The largest absolute Gasteiger partial charge is 0.491 e. The fourth-order valence-corrected chi connectivity index (χ4v) is 3.29. The van der Waals surface area contributed by atoms with Gasteiger partial charge in [-0.2, -0.15) is 0 Å². The number of amides is 2. The van der Waals surface area contributed by atoms with Gasteiger partial charge in [-0.15, -0.1) is 11.3 Å². The summed E-state index contributed by atoms with van der Waals surface area (Å²) in [6.45, 7) is 5.60. The van der Waals surface area contributed by atoms with Gasteiger partial charge in [0.1, 0.15) is 12.4 Å². The summed E-state index contributed by atoms with van der Waals surface area (Å²) in [5, 5.41) is 6.07. The Balaban J connectivity index is 1.66. The number of aromatic nitrogens is 1. The Labute approximate surface area is 140 Å². The number of benzene rings is 1. The monoisotopic (exact) mass is 331 g/mol. The van der Waals surface area contributed by atoms with Gasteiger partial charge in [-0.25, -0.2) is 9.78 Å². The van der Waals surface area contributed by atoms with E-state index in [0.717, 1.165) is 28.4 Å². The van der Waals surface area contributed by atoms with Crippen LogP contribution in [0.5, 0.6) is 5.75 Å². The normalized spacial score (nSPS) is 17.1. The lowest BCUT2D eigenvalue weighted by Gasteiger charge is -2.26. The lowest BCUT2D eigenvalue weighted by atomic mass is 10.2. The number of carbonyl (C=O) groups is 1. The van der Waals surface area contributed by atoms with E-state index in [9.17, 15) is 4.79 Å². The van der Waals surface area contributed by atoms with Crippen LogP contribution in [-0.2, 0) is 19.5 Å². The molecule has 0 radical (unpaired) electrons. The Kier molecular flexibility index (Phi) is 4.81. The molecule has 0 fully saturated rings. The van der Waals surface area contributed by atoms with E-state index in [1.165, 1.54) is 0 Å². The van der Waals surface area contributed by atoms with E-state index in [4.69, 9.17) is 4.74 Å². The topological polar surface area (TPSA) is 54.5 Å². The number of ether oxygens (including phenoxy) is 1. The first-order valence-corrected chi connectivity index (χ1v) is 8.73. The van der Waals surface area contributed by atoms with Crippen molar-refractivity contribution >= 4 is 17.4 Å². The molecule has 2 aromatic rings. The van der Waals surface area contributed by atoms with Gasteiger partial charge < -0.3 is 15.0 Å². The zero-order valence-corrected chi connectivity index (χ0v) is 14.2. The molecule has 1 aliphatic heterocycles. The van der Waals surface area contributed by atoms with Crippen LogP contribution >= 0.6 is 11.3 Å². The molecule has 6 heteroatoms. The minimum Gasteiger partial charge on any atom is -0.491 e. The second kappa shape index (κ2) is 7.00. The maximum absolute atomic E-state index is 12.6. The summed E-state index contributed by atoms with van der Waals surface area (Å²) in [5.41, 5.74) is 1.95. The third-order valence-electron chi connectivity index (χ3n) is 3.91. The van der Waals surface area contributed by atoms with Crippen LogP contribution in [0, 0.1) is 0 Å². The fourth-order valence-electron chi connectivity index (χ4n) is 2.55. The predicted molar refractivity (Wildman–Crippen MR) is 90.7 cm³/mol. The molecule has 122 valence electrons. The first kappa shape index (κ1) is 15.8. The van der Waals surface area contributed by atoms with Crippen molar-refractivity contribution in [2.24, 2.45) is 0 Å². The lowest BCUT2D eigenvalue weighted by molar-refractivity contribution is 0.156. The van der Waals surface area contributed by atoms with E-state index < -0.39 is 0 Å². The number of hydrogen-bond donors (Lipinski definition) is 1. The van der Waals surface area contributed by atoms with E-state index in [0.29, 0.717) is 19.7 Å². The van der Waals surface area contributed by atoms with Crippen molar-refractivity contribution in [3.8, 4) is 5.75 Å². The number of rotatable bonds is 3. The average molecular weight is 331 g/mol. The van der Waals surface area contributed by atoms with E-state index in [-0.39, 0.29) is 12.1 Å². The van der Waals surface area contributed by atoms with Crippen LogP contribution in [0.15, 0.2) is 29.6 Å². The van der Waals surface area contributed by atoms with Crippen molar-refractivity contribution in [3.05, 3.63) is 45.9 Å². The number of thiazole rings is 1. The average Bonchev–Trinajstić information content (AvgIpc) is 2.97. The molecule has 1 N–H and O–H groups in total. The van der Waals surface area contributed by atoms with Crippen molar-refractivity contribution in [1.82, 2.24) is 15.2 Å². The van der Waals surface area contributed by atoms with Crippen molar-refractivity contribution in [3.63, 3.8) is 0 Å². The zero-order valence-electron chi connectivity index (χ0n) is 13.4. The van der Waals surface area contributed by atoms with Gasteiger partial charge in [-0.1, -0.05) is 25.1 Å². The standard InChI is InChI=1S/C17H21N3O2S/c1-3-16-19-14(11-23-16)8-18-17(21)20-9-13-6-4-5-7-15(13)22-10-12(20)2/h4-7,11-12H,3,8-10H2,1-2H3,(H,18,21). The van der Waals surface area contributed by atoms with Gasteiger partial charge >= 0.3 is 6.03 Å². The molecule has 5 nitrogen and oxygen atoms in total. The van der Waals surface area contributed by atoms with Crippen LogP contribution in [0.3, 0.4) is 0 Å². The highest BCUT2D eigenvalue weighted by molar-refractivity contribution is 7.09. The van der Waals surface area contributed by atoms with Crippen LogP contribution in [-0.4, -0.2) is 28.6 Å². The molecule has 0 saturated carbocycles. The van der Waals surface area contributed by atoms with E-state index >= 15 is 0 Å². The second-order valence-electron chi connectivity index (χ2n) is 5.64. The maximum Gasteiger partial charge on any atom is 0.318 e. The van der Waals surface area contributed by atoms with Crippen LogP contribution < -0.4 is 10.1 Å². The molecule has 0 aliphatic carbocycles. The van der Waals surface area contributed by atoms with Gasteiger partial charge in [0.2, 0.25) is 0 Å². The highest BCUT2D eigenvalue weighted by atomic mass is 32.1. The summed E-state index contributed by atoms with van der Waals surface area (Å²) in [5.74, 6) is 0.863. The molecule has 2 heterocycles. The molecule has 1 aliphatic rings. The van der Waals surface area contributed by atoms with Gasteiger partial charge in [0, 0.05) is 10.9 Å². The SMILES string of the molecule is CCc1nc(CNC(=O)N2Cc3ccccc3OCC2C)cs1.